The molecule has 134 valence electrons. The number of hydrogen-bond acceptors (Lipinski definition) is 0. The predicted octanol–water partition coefficient (Wildman–Crippen LogP) is 6.96. The quantitative estimate of drug-likeness (QED) is 0.509. The number of benzene rings is 2. The van der Waals surface area contributed by atoms with Crippen molar-refractivity contribution in [3.05, 3.63) is 81.9 Å². The molecule has 0 nitrogen and oxygen atoms in total. The fourth-order valence-electron chi connectivity index (χ4n) is 5.62. The first-order valence-electron chi connectivity index (χ1n) is 9.79. The molecule has 2 aromatic carbocycles. The van der Waals surface area contributed by atoms with E-state index in [1.54, 1.807) is 22.3 Å². The van der Waals surface area contributed by atoms with E-state index < -0.39 is 15.2 Å². The Hall–Kier alpha value is -1.65. The Morgan fingerprint density at radius 2 is 0.923 bits per heavy atom. The van der Waals surface area contributed by atoms with Crippen LogP contribution in [0.3, 0.4) is 0 Å². The van der Waals surface area contributed by atoms with Crippen molar-refractivity contribution in [3.8, 4) is 0 Å². The lowest BCUT2D eigenvalue weighted by atomic mass is 10.1. The van der Waals surface area contributed by atoms with Crippen molar-refractivity contribution >= 4 is 27.3 Å². The van der Waals surface area contributed by atoms with Gasteiger partial charge in [-0.05, 0) is 47.2 Å². The first-order valence-corrected chi connectivity index (χ1v) is 16.9. The second-order valence-corrected chi connectivity index (χ2v) is 25.1. The molecule has 2 aliphatic carbocycles. The summed E-state index contributed by atoms with van der Waals surface area (Å²) >= 11 is 0. The van der Waals surface area contributed by atoms with E-state index in [4.69, 9.17) is 0 Å². The average molecular weight is 375 g/mol. The van der Waals surface area contributed by atoms with Crippen molar-refractivity contribution < 1.29 is 0 Å². The van der Waals surface area contributed by atoms with Crippen molar-refractivity contribution in [2.24, 2.45) is 0 Å². The Labute approximate surface area is 160 Å². The number of rotatable bonds is 3. The molecule has 0 spiro atoms. The second-order valence-electron chi connectivity index (χ2n) is 9.34. The molecule has 0 radical (unpaired) electrons. The Balaban J connectivity index is 1.81. The Bertz CT molecular complexity index is 853. The van der Waals surface area contributed by atoms with Crippen LogP contribution in [0.4, 0.5) is 0 Å². The molecule has 0 aliphatic heterocycles. The van der Waals surface area contributed by atoms with E-state index in [9.17, 15) is 0 Å². The molecule has 0 aromatic heterocycles. The van der Waals surface area contributed by atoms with Crippen LogP contribution >= 0.6 is 0 Å². The molecular weight excluding hydrogens is 344 g/mol. The largest absolute Gasteiger partial charge is 0.0705 e. The molecule has 0 bridgehead atoms. The Kier molecular flexibility index (Phi) is 4.05. The van der Waals surface area contributed by atoms with Crippen LogP contribution in [-0.4, -0.2) is 15.2 Å². The molecular formula is C24H30Si2. The standard InChI is InChI=1S/C24H30Si2/c1-17-15-19-11-7-9-13-21(19)23(17)25(3,4)26(5,6)24-18(2)16-20-12-8-10-14-22(20)24/h7-16,23-24H,1-6H3. The monoisotopic (exact) mass is 374 g/mol. The van der Waals surface area contributed by atoms with Gasteiger partial charge in [-0.2, -0.15) is 0 Å². The van der Waals surface area contributed by atoms with E-state index in [-0.39, 0.29) is 0 Å². The number of fused-ring (bicyclic) bond motifs is 2. The maximum Gasteiger partial charge on any atom is 0.0551 e. The molecule has 0 amide bonds. The lowest BCUT2D eigenvalue weighted by molar-refractivity contribution is 1.05. The normalized spacial score (nSPS) is 21.9. The minimum atomic E-state index is -1.56. The molecule has 0 heterocycles. The maximum atomic E-state index is 2.68. The van der Waals surface area contributed by atoms with Crippen molar-refractivity contribution in [3.63, 3.8) is 0 Å². The molecule has 0 N–H and O–H groups in total. The Morgan fingerprint density at radius 1 is 0.577 bits per heavy atom. The van der Waals surface area contributed by atoms with E-state index in [0.717, 1.165) is 0 Å². The smallest absolute Gasteiger partial charge is 0.0551 e. The second kappa shape index (κ2) is 5.93. The highest BCUT2D eigenvalue weighted by Gasteiger charge is 2.54. The lowest BCUT2D eigenvalue weighted by Gasteiger charge is -2.48. The van der Waals surface area contributed by atoms with Crippen LogP contribution in [-0.2, 0) is 0 Å². The SMILES string of the molecule is CC1=Cc2ccccc2C1[Si](C)(C)[Si](C)(C)C1C(C)=Cc2ccccc21. The molecule has 0 saturated carbocycles. The zero-order chi connectivity index (χ0) is 18.7. The van der Waals surface area contributed by atoms with Gasteiger partial charge in [-0.15, -0.1) is 0 Å². The molecule has 4 rings (SSSR count). The highest BCUT2D eigenvalue weighted by Crippen LogP contribution is 2.52. The molecule has 2 aromatic rings. The van der Waals surface area contributed by atoms with Crippen LogP contribution < -0.4 is 0 Å². The van der Waals surface area contributed by atoms with Crippen LogP contribution in [0.5, 0.6) is 0 Å². The summed E-state index contributed by atoms with van der Waals surface area (Å²) in [4.78, 5) is 0. The summed E-state index contributed by atoms with van der Waals surface area (Å²) in [6.07, 6.45) is 4.90. The van der Waals surface area contributed by atoms with Crippen LogP contribution in [0.2, 0.25) is 26.2 Å². The minimum absolute atomic E-state index is 0.668. The number of allylic oxidation sites excluding steroid dienone is 2. The van der Waals surface area contributed by atoms with Gasteiger partial charge in [0.15, 0.2) is 0 Å². The third-order valence-corrected chi connectivity index (χ3v) is 26.8. The van der Waals surface area contributed by atoms with Crippen LogP contribution in [0.25, 0.3) is 12.2 Å². The van der Waals surface area contributed by atoms with Gasteiger partial charge in [0.1, 0.15) is 0 Å². The third kappa shape index (κ3) is 2.39. The van der Waals surface area contributed by atoms with Gasteiger partial charge in [0.25, 0.3) is 0 Å². The van der Waals surface area contributed by atoms with Gasteiger partial charge in [0.2, 0.25) is 0 Å². The summed E-state index contributed by atoms with van der Waals surface area (Å²) in [7, 11) is -3.12. The zero-order valence-corrected chi connectivity index (χ0v) is 18.9. The van der Waals surface area contributed by atoms with Gasteiger partial charge < -0.3 is 0 Å². The summed E-state index contributed by atoms with van der Waals surface area (Å²) in [6, 6.07) is 18.2. The van der Waals surface area contributed by atoms with Gasteiger partial charge in [0.05, 0.1) is 15.2 Å². The first kappa shape index (κ1) is 17.8. The highest BCUT2D eigenvalue weighted by atomic mass is 29.3. The van der Waals surface area contributed by atoms with Crippen molar-refractivity contribution in [1.82, 2.24) is 0 Å². The molecule has 0 saturated heterocycles. The van der Waals surface area contributed by atoms with E-state index in [1.165, 1.54) is 11.1 Å². The van der Waals surface area contributed by atoms with Gasteiger partial charge in [-0.25, -0.2) is 0 Å². The summed E-state index contributed by atoms with van der Waals surface area (Å²) < 4.78 is 0. The van der Waals surface area contributed by atoms with Gasteiger partial charge >= 0.3 is 0 Å². The van der Waals surface area contributed by atoms with E-state index in [1.807, 2.05) is 0 Å². The number of hydrogen-bond donors (Lipinski definition) is 0. The van der Waals surface area contributed by atoms with Crippen molar-refractivity contribution in [1.29, 1.82) is 0 Å². The van der Waals surface area contributed by atoms with Gasteiger partial charge in [-0.3, -0.25) is 0 Å². The first-order chi connectivity index (χ1) is 12.2. The lowest BCUT2D eigenvalue weighted by Crippen LogP contribution is -2.62. The highest BCUT2D eigenvalue weighted by molar-refractivity contribution is 7.42. The van der Waals surface area contributed by atoms with Crippen LogP contribution in [0, 0.1) is 0 Å². The van der Waals surface area contributed by atoms with E-state index >= 15 is 0 Å². The fraction of sp³-hybridized carbons (Fsp3) is 0.333. The van der Waals surface area contributed by atoms with Crippen LogP contribution in [0.1, 0.15) is 47.2 Å². The zero-order valence-electron chi connectivity index (χ0n) is 16.9. The summed E-state index contributed by atoms with van der Waals surface area (Å²) in [5.41, 5.74) is 10.6. The van der Waals surface area contributed by atoms with Crippen molar-refractivity contribution in [2.45, 2.75) is 51.1 Å². The summed E-state index contributed by atoms with van der Waals surface area (Å²) in [5.74, 6) is 0. The third-order valence-electron chi connectivity index (χ3n) is 7.40. The summed E-state index contributed by atoms with van der Waals surface area (Å²) in [6.45, 7) is 15.5. The predicted molar refractivity (Wildman–Crippen MR) is 121 cm³/mol. The van der Waals surface area contributed by atoms with E-state index in [0.29, 0.717) is 11.1 Å². The summed E-state index contributed by atoms with van der Waals surface area (Å²) in [5, 5.41) is 0. The fourth-order valence-corrected chi connectivity index (χ4v) is 18.4. The van der Waals surface area contributed by atoms with Crippen molar-refractivity contribution in [2.75, 3.05) is 0 Å². The molecule has 0 fully saturated rings. The minimum Gasteiger partial charge on any atom is -0.0705 e. The van der Waals surface area contributed by atoms with Gasteiger partial charge in [0, 0.05) is 0 Å². The van der Waals surface area contributed by atoms with Crippen LogP contribution in [0.15, 0.2) is 59.7 Å². The average Bonchev–Trinajstić information content (AvgIpc) is 3.09. The van der Waals surface area contributed by atoms with E-state index in [2.05, 4.69) is 101 Å². The molecule has 26 heavy (non-hydrogen) atoms. The maximum absolute atomic E-state index is 2.68. The van der Waals surface area contributed by atoms with Gasteiger partial charge in [-0.1, -0.05) is 98.0 Å². The molecule has 2 atom stereocenters. The topological polar surface area (TPSA) is 0 Å². The Morgan fingerprint density at radius 3 is 1.31 bits per heavy atom. The molecule has 2 unspecified atom stereocenters. The molecule has 2 aliphatic rings. The molecule has 2 heteroatoms.